The summed E-state index contributed by atoms with van der Waals surface area (Å²) < 4.78 is 0. The number of nitrogens with zero attached hydrogens (tertiary/aromatic N) is 5. The van der Waals surface area contributed by atoms with Gasteiger partial charge in [0.05, 0.1) is 18.3 Å². The van der Waals surface area contributed by atoms with Gasteiger partial charge >= 0.3 is 0 Å². The highest BCUT2D eigenvalue weighted by molar-refractivity contribution is 5.54. The van der Waals surface area contributed by atoms with Gasteiger partial charge in [0.1, 0.15) is 0 Å². The van der Waals surface area contributed by atoms with E-state index in [1.807, 2.05) is 35.4 Å². The molecule has 21 heavy (non-hydrogen) atoms. The number of benzene rings is 1. The van der Waals surface area contributed by atoms with Crippen molar-refractivity contribution in [3.8, 4) is 12.3 Å². The molecule has 5 heteroatoms. The third kappa shape index (κ3) is 2.93. The first-order valence-electron chi connectivity index (χ1n) is 7.12. The summed E-state index contributed by atoms with van der Waals surface area (Å²) in [5.41, 5.74) is 1.72. The fourth-order valence-corrected chi connectivity index (χ4v) is 2.91. The van der Waals surface area contributed by atoms with Crippen molar-refractivity contribution in [1.29, 1.82) is 10.5 Å². The fourth-order valence-electron chi connectivity index (χ4n) is 2.91. The molecule has 2 aliphatic heterocycles. The molecule has 0 N–H and O–H groups in total. The second-order valence-corrected chi connectivity index (χ2v) is 5.54. The summed E-state index contributed by atoms with van der Waals surface area (Å²) in [6.07, 6.45) is 7.45. The highest BCUT2D eigenvalue weighted by atomic mass is 15.3. The predicted molar refractivity (Wildman–Crippen MR) is 79.6 cm³/mol. The van der Waals surface area contributed by atoms with Crippen LogP contribution in [0.5, 0.6) is 0 Å². The van der Waals surface area contributed by atoms with E-state index in [1.165, 1.54) is 0 Å². The number of hydrogen-bond donors (Lipinski definition) is 0. The van der Waals surface area contributed by atoms with Gasteiger partial charge in [-0.05, 0) is 30.5 Å². The maximum Gasteiger partial charge on any atom is 0.179 e. The van der Waals surface area contributed by atoms with Crippen LogP contribution in [0.15, 0.2) is 36.7 Å². The zero-order chi connectivity index (χ0) is 14.7. The lowest BCUT2D eigenvalue weighted by molar-refractivity contribution is 0.327. The van der Waals surface area contributed by atoms with E-state index in [9.17, 15) is 0 Å². The maximum atomic E-state index is 8.97. The van der Waals surface area contributed by atoms with Gasteiger partial charge in [-0.3, -0.25) is 0 Å². The molecule has 1 saturated heterocycles. The zero-order valence-corrected chi connectivity index (χ0v) is 11.8. The van der Waals surface area contributed by atoms with E-state index in [0.717, 1.165) is 38.4 Å². The summed E-state index contributed by atoms with van der Waals surface area (Å²) in [7, 11) is 0. The molecule has 1 fully saturated rings. The Morgan fingerprint density at radius 3 is 2.90 bits per heavy atom. The summed E-state index contributed by atoms with van der Waals surface area (Å²) in [6, 6.07) is 9.82. The van der Waals surface area contributed by atoms with Gasteiger partial charge in [-0.15, -0.1) is 0 Å². The molecule has 0 aromatic heterocycles. The predicted octanol–water partition coefficient (Wildman–Crippen LogP) is 1.91. The number of hydrogen-bond acceptors (Lipinski definition) is 5. The molecule has 0 spiro atoms. The van der Waals surface area contributed by atoms with Crippen LogP contribution in [0.4, 0.5) is 5.69 Å². The number of nitriles is 2. The SMILES string of the molecule is N#Cc1cccc(N2C=CN(CC3CCN(C#N)C3)C2)c1. The summed E-state index contributed by atoms with van der Waals surface area (Å²) in [6.45, 7) is 3.53. The normalized spacial score (nSPS) is 20.7. The van der Waals surface area contributed by atoms with E-state index in [4.69, 9.17) is 10.5 Å². The topological polar surface area (TPSA) is 57.3 Å². The maximum absolute atomic E-state index is 8.97. The minimum atomic E-state index is 0.555. The van der Waals surface area contributed by atoms with Gasteiger partial charge in [-0.25, -0.2) is 0 Å². The lowest BCUT2D eigenvalue weighted by Crippen LogP contribution is -2.30. The van der Waals surface area contributed by atoms with Gasteiger partial charge in [0.15, 0.2) is 6.19 Å². The van der Waals surface area contributed by atoms with E-state index in [-0.39, 0.29) is 0 Å². The number of rotatable bonds is 3. The summed E-state index contributed by atoms with van der Waals surface area (Å²) in [5, 5.41) is 17.9. The molecule has 1 aromatic rings. The Hall–Kier alpha value is -2.66. The molecule has 0 saturated carbocycles. The molecule has 1 aromatic carbocycles. The van der Waals surface area contributed by atoms with Crippen LogP contribution in [0.2, 0.25) is 0 Å². The Morgan fingerprint density at radius 2 is 2.14 bits per heavy atom. The molecule has 0 aliphatic carbocycles. The second kappa shape index (κ2) is 5.76. The van der Waals surface area contributed by atoms with Crippen LogP contribution in [0.1, 0.15) is 12.0 Å². The van der Waals surface area contributed by atoms with E-state index >= 15 is 0 Å². The molecule has 3 rings (SSSR count). The molecular formula is C16H17N5. The van der Waals surface area contributed by atoms with E-state index in [0.29, 0.717) is 11.5 Å². The Balaban J connectivity index is 1.58. The van der Waals surface area contributed by atoms with Crippen LogP contribution in [-0.4, -0.2) is 36.1 Å². The minimum Gasteiger partial charge on any atom is -0.358 e. The first kappa shape index (κ1) is 13.3. The fraction of sp³-hybridized carbons (Fsp3) is 0.375. The van der Waals surface area contributed by atoms with Crippen molar-refractivity contribution in [1.82, 2.24) is 9.80 Å². The minimum absolute atomic E-state index is 0.555. The molecule has 106 valence electrons. The van der Waals surface area contributed by atoms with Gasteiger partial charge in [-0.2, -0.15) is 10.5 Å². The third-order valence-corrected chi connectivity index (χ3v) is 4.02. The van der Waals surface area contributed by atoms with Crippen molar-refractivity contribution in [3.63, 3.8) is 0 Å². The lowest BCUT2D eigenvalue weighted by atomic mass is 10.1. The highest BCUT2D eigenvalue weighted by Gasteiger charge is 2.24. The first-order chi connectivity index (χ1) is 10.3. The van der Waals surface area contributed by atoms with E-state index in [1.54, 1.807) is 0 Å². The lowest BCUT2D eigenvalue weighted by Gasteiger charge is -2.23. The molecule has 0 amide bonds. The Kier molecular flexibility index (Phi) is 3.66. The van der Waals surface area contributed by atoms with Crippen LogP contribution < -0.4 is 4.90 Å². The number of anilines is 1. The van der Waals surface area contributed by atoms with Crippen molar-refractivity contribution < 1.29 is 0 Å². The molecule has 2 aliphatic rings. The van der Waals surface area contributed by atoms with Crippen LogP contribution in [0, 0.1) is 28.7 Å². The van der Waals surface area contributed by atoms with Crippen LogP contribution in [-0.2, 0) is 0 Å². The van der Waals surface area contributed by atoms with Gasteiger partial charge < -0.3 is 14.7 Å². The quantitative estimate of drug-likeness (QED) is 0.791. The van der Waals surface area contributed by atoms with Crippen molar-refractivity contribution in [2.45, 2.75) is 6.42 Å². The standard InChI is InChI=1S/C16H17N5/c17-9-14-2-1-3-16(8-14)21-7-6-20(13-21)11-15-4-5-19(10-15)12-18/h1-3,6-8,15H,4-5,10-11,13H2. The van der Waals surface area contributed by atoms with Crippen molar-refractivity contribution in [2.24, 2.45) is 5.92 Å². The molecule has 0 radical (unpaired) electrons. The zero-order valence-electron chi connectivity index (χ0n) is 11.8. The van der Waals surface area contributed by atoms with Crippen molar-refractivity contribution >= 4 is 5.69 Å². The summed E-state index contributed by atoms with van der Waals surface area (Å²) in [5.74, 6) is 0.555. The highest BCUT2D eigenvalue weighted by Crippen LogP contribution is 2.23. The van der Waals surface area contributed by atoms with E-state index in [2.05, 4.69) is 28.3 Å². The summed E-state index contributed by atoms with van der Waals surface area (Å²) in [4.78, 5) is 6.24. The molecule has 2 heterocycles. The average Bonchev–Trinajstić information content (AvgIpc) is 3.17. The molecule has 0 bridgehead atoms. The Labute approximate surface area is 124 Å². The Morgan fingerprint density at radius 1 is 1.24 bits per heavy atom. The Bertz CT molecular complexity index is 624. The average molecular weight is 279 g/mol. The smallest absolute Gasteiger partial charge is 0.179 e. The summed E-state index contributed by atoms with van der Waals surface area (Å²) >= 11 is 0. The van der Waals surface area contributed by atoms with E-state index < -0.39 is 0 Å². The van der Waals surface area contributed by atoms with Crippen LogP contribution >= 0.6 is 0 Å². The molecule has 5 nitrogen and oxygen atoms in total. The van der Waals surface area contributed by atoms with Gasteiger partial charge in [-0.1, -0.05) is 6.07 Å². The molecular weight excluding hydrogens is 262 g/mol. The van der Waals surface area contributed by atoms with Gasteiger partial charge in [0.2, 0.25) is 0 Å². The van der Waals surface area contributed by atoms with Crippen molar-refractivity contribution in [2.75, 3.05) is 31.2 Å². The van der Waals surface area contributed by atoms with Gasteiger partial charge in [0.25, 0.3) is 0 Å². The van der Waals surface area contributed by atoms with Gasteiger partial charge in [0, 0.05) is 37.7 Å². The monoisotopic (exact) mass is 279 g/mol. The first-order valence-corrected chi connectivity index (χ1v) is 7.12. The van der Waals surface area contributed by atoms with Crippen LogP contribution in [0.25, 0.3) is 0 Å². The number of likely N-dealkylation sites (tertiary alicyclic amines) is 1. The second-order valence-electron chi connectivity index (χ2n) is 5.54. The van der Waals surface area contributed by atoms with Crippen molar-refractivity contribution in [3.05, 3.63) is 42.2 Å². The largest absolute Gasteiger partial charge is 0.358 e. The molecule has 1 unspecified atom stereocenters. The van der Waals surface area contributed by atoms with Crippen LogP contribution in [0.3, 0.4) is 0 Å². The molecule has 1 atom stereocenters. The third-order valence-electron chi connectivity index (χ3n) is 4.02.